The van der Waals surface area contributed by atoms with Crippen molar-refractivity contribution in [1.29, 1.82) is 0 Å². The Morgan fingerprint density at radius 3 is 2.15 bits per heavy atom. The number of alkyl halides is 3. The van der Waals surface area contributed by atoms with Gasteiger partial charge < -0.3 is 10.6 Å². The van der Waals surface area contributed by atoms with Crippen molar-refractivity contribution in [3.63, 3.8) is 0 Å². The lowest BCUT2D eigenvalue weighted by molar-refractivity contribution is -0.137. The second-order valence-corrected chi connectivity index (χ2v) is 6.49. The summed E-state index contributed by atoms with van der Waals surface area (Å²) in [6.07, 6.45) is -2.41. The van der Waals surface area contributed by atoms with Crippen LogP contribution >= 0.6 is 11.8 Å². The summed E-state index contributed by atoms with van der Waals surface area (Å²) in [4.78, 5) is 4.14. The van der Waals surface area contributed by atoms with Crippen LogP contribution in [0.3, 0.4) is 0 Å². The smallest absolute Gasteiger partial charge is 0.370 e. The maximum Gasteiger partial charge on any atom is 0.416 e. The monoisotopic (exact) mass is 307 g/mol. The van der Waals surface area contributed by atoms with Crippen molar-refractivity contribution in [1.82, 2.24) is 4.98 Å². The van der Waals surface area contributed by atoms with Crippen molar-refractivity contribution >= 4 is 23.4 Å². The van der Waals surface area contributed by atoms with E-state index in [9.17, 15) is 13.2 Å². The van der Waals surface area contributed by atoms with E-state index in [2.05, 4.69) is 15.6 Å². The summed E-state index contributed by atoms with van der Waals surface area (Å²) in [5.41, 5.74) is -0.701. The van der Waals surface area contributed by atoms with Crippen LogP contribution in [0, 0.1) is 0 Å². The normalized spacial score (nSPS) is 12.3. The van der Waals surface area contributed by atoms with Gasteiger partial charge in [-0.15, -0.1) is 0 Å². The molecule has 0 radical (unpaired) electrons. The molecular formula is C13H20F3N3S. The number of nitrogens with one attached hydrogen (secondary N) is 2. The predicted octanol–water partition coefficient (Wildman–Crippen LogP) is 4.09. The molecular weight excluding hydrogens is 287 g/mol. The van der Waals surface area contributed by atoms with E-state index < -0.39 is 11.7 Å². The fraction of sp³-hybridized carbons (Fsp3) is 0.615. The molecule has 0 saturated heterocycles. The molecule has 0 spiro atoms. The Labute approximate surface area is 121 Å². The van der Waals surface area contributed by atoms with Gasteiger partial charge in [-0.1, -0.05) is 0 Å². The SMILES string of the molecule is CCNc1cc(C(F)(F)F)cc(NCC(C)(C)SC)n1. The van der Waals surface area contributed by atoms with Gasteiger partial charge in [0.1, 0.15) is 11.6 Å². The number of rotatable bonds is 6. The topological polar surface area (TPSA) is 37.0 Å². The summed E-state index contributed by atoms with van der Waals surface area (Å²) in [7, 11) is 0. The van der Waals surface area contributed by atoms with Gasteiger partial charge in [-0.2, -0.15) is 24.9 Å². The number of aromatic nitrogens is 1. The zero-order valence-electron chi connectivity index (χ0n) is 12.1. The molecule has 1 rings (SSSR count). The molecule has 0 fully saturated rings. The van der Waals surface area contributed by atoms with Crippen LogP contribution in [0.25, 0.3) is 0 Å². The highest BCUT2D eigenvalue weighted by atomic mass is 32.2. The number of hydrogen-bond acceptors (Lipinski definition) is 4. The molecule has 0 aliphatic heterocycles. The van der Waals surface area contributed by atoms with E-state index in [1.165, 1.54) is 0 Å². The van der Waals surface area contributed by atoms with Crippen LogP contribution in [0.2, 0.25) is 0 Å². The van der Waals surface area contributed by atoms with Gasteiger partial charge >= 0.3 is 6.18 Å². The van der Waals surface area contributed by atoms with E-state index in [1.807, 2.05) is 27.0 Å². The maximum atomic E-state index is 12.8. The second kappa shape index (κ2) is 6.56. The van der Waals surface area contributed by atoms with E-state index in [1.54, 1.807) is 11.8 Å². The number of nitrogens with zero attached hydrogens (tertiary/aromatic N) is 1. The Morgan fingerprint density at radius 2 is 1.70 bits per heavy atom. The van der Waals surface area contributed by atoms with E-state index in [0.29, 0.717) is 13.1 Å². The van der Waals surface area contributed by atoms with Gasteiger partial charge in [0, 0.05) is 17.8 Å². The Morgan fingerprint density at radius 1 is 1.15 bits per heavy atom. The first-order valence-corrected chi connectivity index (χ1v) is 7.52. The first-order valence-electron chi connectivity index (χ1n) is 6.30. The Hall–Kier alpha value is -1.11. The lowest BCUT2D eigenvalue weighted by Crippen LogP contribution is -2.26. The third-order valence-electron chi connectivity index (χ3n) is 2.76. The zero-order chi connectivity index (χ0) is 15.4. The van der Waals surface area contributed by atoms with E-state index in [-0.39, 0.29) is 16.4 Å². The number of thioether (sulfide) groups is 1. The molecule has 0 amide bonds. The van der Waals surface area contributed by atoms with Gasteiger partial charge in [-0.05, 0) is 39.2 Å². The van der Waals surface area contributed by atoms with Gasteiger partial charge in [0.15, 0.2) is 0 Å². The molecule has 1 aromatic rings. The molecule has 0 atom stereocenters. The van der Waals surface area contributed by atoms with Crippen LogP contribution in [0.4, 0.5) is 24.8 Å². The molecule has 20 heavy (non-hydrogen) atoms. The van der Waals surface area contributed by atoms with Gasteiger partial charge in [-0.25, -0.2) is 4.98 Å². The maximum absolute atomic E-state index is 12.8. The van der Waals surface area contributed by atoms with Crippen LogP contribution in [-0.4, -0.2) is 29.1 Å². The van der Waals surface area contributed by atoms with Crippen LogP contribution in [0.1, 0.15) is 26.3 Å². The molecule has 0 aliphatic rings. The molecule has 0 aromatic carbocycles. The zero-order valence-corrected chi connectivity index (χ0v) is 12.9. The molecule has 114 valence electrons. The molecule has 0 bridgehead atoms. The summed E-state index contributed by atoms with van der Waals surface area (Å²) >= 11 is 1.64. The Bertz CT molecular complexity index is 447. The summed E-state index contributed by atoms with van der Waals surface area (Å²) < 4.78 is 38.4. The largest absolute Gasteiger partial charge is 0.416 e. The predicted molar refractivity (Wildman–Crippen MR) is 79.5 cm³/mol. The number of pyridine rings is 1. The molecule has 0 unspecified atom stereocenters. The van der Waals surface area contributed by atoms with Gasteiger partial charge in [0.2, 0.25) is 0 Å². The molecule has 3 nitrogen and oxygen atoms in total. The summed E-state index contributed by atoms with van der Waals surface area (Å²) in [6, 6.07) is 2.06. The van der Waals surface area contributed by atoms with E-state index >= 15 is 0 Å². The number of hydrogen-bond donors (Lipinski definition) is 2. The van der Waals surface area contributed by atoms with Crippen molar-refractivity contribution in [3.8, 4) is 0 Å². The third-order valence-corrected chi connectivity index (χ3v) is 4.01. The first-order chi connectivity index (χ1) is 9.18. The van der Waals surface area contributed by atoms with E-state index in [0.717, 1.165) is 12.1 Å². The lowest BCUT2D eigenvalue weighted by atomic mass is 10.2. The Balaban J connectivity index is 2.97. The van der Waals surface area contributed by atoms with Crippen LogP contribution in [-0.2, 0) is 6.18 Å². The van der Waals surface area contributed by atoms with Crippen molar-refractivity contribution < 1.29 is 13.2 Å². The summed E-state index contributed by atoms with van der Waals surface area (Å²) in [5.74, 6) is 0.463. The molecule has 1 heterocycles. The van der Waals surface area contributed by atoms with Crippen LogP contribution in [0.15, 0.2) is 12.1 Å². The number of halogens is 3. The first kappa shape index (κ1) is 16.9. The standard InChI is InChI=1S/C13H20F3N3S/c1-5-17-10-6-9(13(14,15)16)7-11(19-10)18-8-12(2,3)20-4/h6-7H,5,8H2,1-4H3,(H2,17,18,19). The van der Waals surface area contributed by atoms with Crippen molar-refractivity contribution in [3.05, 3.63) is 17.7 Å². The highest BCUT2D eigenvalue weighted by Gasteiger charge is 2.31. The molecule has 0 saturated carbocycles. The molecule has 7 heteroatoms. The quantitative estimate of drug-likeness (QED) is 0.830. The average molecular weight is 307 g/mol. The minimum Gasteiger partial charge on any atom is -0.370 e. The minimum absolute atomic E-state index is 0.0751. The number of anilines is 2. The lowest BCUT2D eigenvalue weighted by Gasteiger charge is -2.23. The van der Waals surface area contributed by atoms with Crippen molar-refractivity contribution in [2.24, 2.45) is 0 Å². The van der Waals surface area contributed by atoms with Crippen LogP contribution in [0.5, 0.6) is 0 Å². The Kier molecular flexibility index (Phi) is 5.56. The molecule has 2 N–H and O–H groups in total. The summed E-state index contributed by atoms with van der Waals surface area (Å²) in [5, 5.41) is 5.79. The van der Waals surface area contributed by atoms with Gasteiger partial charge in [0.05, 0.1) is 5.56 Å². The fourth-order valence-corrected chi connectivity index (χ4v) is 1.65. The third kappa shape index (κ3) is 5.11. The highest BCUT2D eigenvalue weighted by molar-refractivity contribution is 7.99. The molecule has 1 aromatic heterocycles. The van der Waals surface area contributed by atoms with Gasteiger partial charge in [-0.3, -0.25) is 0 Å². The van der Waals surface area contributed by atoms with E-state index in [4.69, 9.17) is 0 Å². The average Bonchev–Trinajstić information content (AvgIpc) is 2.36. The minimum atomic E-state index is -4.38. The van der Waals surface area contributed by atoms with Crippen LogP contribution < -0.4 is 10.6 Å². The second-order valence-electron chi connectivity index (χ2n) is 4.97. The molecule has 0 aliphatic carbocycles. The van der Waals surface area contributed by atoms with Crippen molar-refractivity contribution in [2.45, 2.75) is 31.7 Å². The van der Waals surface area contributed by atoms with Crippen molar-refractivity contribution in [2.75, 3.05) is 30.0 Å². The van der Waals surface area contributed by atoms with Gasteiger partial charge in [0.25, 0.3) is 0 Å². The fourth-order valence-electron chi connectivity index (χ4n) is 1.43. The summed E-state index contributed by atoms with van der Waals surface area (Å²) in [6.45, 7) is 6.90. The highest BCUT2D eigenvalue weighted by Crippen LogP contribution is 2.32.